The van der Waals surface area contributed by atoms with Gasteiger partial charge in [-0.05, 0) is 25.1 Å². The van der Waals surface area contributed by atoms with Gasteiger partial charge in [-0.25, -0.2) is 4.42 Å². The Balaban J connectivity index is 3.14. The average Bonchev–Trinajstić information content (AvgIpc) is 1.65. The second-order valence-electron chi connectivity index (χ2n) is 1.78. The molecule has 44 valence electrons. The first-order valence-corrected chi connectivity index (χ1v) is 2.91. The quantitative estimate of drug-likeness (QED) is 0.505. The lowest BCUT2D eigenvalue weighted by atomic mass is 10.3. The van der Waals surface area contributed by atoms with E-state index >= 15 is 0 Å². The van der Waals surface area contributed by atoms with Gasteiger partial charge >= 0.3 is 0 Å². The van der Waals surface area contributed by atoms with Crippen molar-refractivity contribution in [3.05, 3.63) is 0 Å². The Morgan fingerprint density at radius 2 is 2.14 bits per heavy atom. The largest absolute Gasteiger partial charge is 0.220 e. The SMILES string of the molecule is CCC(C)N(C)Cl. The summed E-state index contributed by atoms with van der Waals surface area (Å²) in [7, 11) is 1.87. The minimum absolute atomic E-state index is 0.502. The van der Waals surface area contributed by atoms with Crippen LogP contribution in [-0.2, 0) is 0 Å². The van der Waals surface area contributed by atoms with Crippen LogP contribution >= 0.6 is 11.8 Å². The van der Waals surface area contributed by atoms with Crippen LogP contribution in [0.25, 0.3) is 0 Å². The third-order valence-corrected chi connectivity index (χ3v) is 1.53. The molecule has 0 bridgehead atoms. The molecular formula is C5H12ClN. The zero-order valence-corrected chi connectivity index (χ0v) is 5.87. The smallest absolute Gasteiger partial charge is 0.0217 e. The summed E-state index contributed by atoms with van der Waals surface area (Å²) >= 11 is 5.56. The minimum Gasteiger partial charge on any atom is -0.220 e. The number of nitrogens with zero attached hydrogens (tertiary/aromatic N) is 1. The van der Waals surface area contributed by atoms with E-state index in [4.69, 9.17) is 11.8 Å². The van der Waals surface area contributed by atoms with Gasteiger partial charge in [0, 0.05) is 13.1 Å². The molecule has 0 heterocycles. The first-order chi connectivity index (χ1) is 3.18. The van der Waals surface area contributed by atoms with E-state index in [-0.39, 0.29) is 0 Å². The average molecular weight is 122 g/mol. The molecule has 1 unspecified atom stereocenters. The predicted molar refractivity (Wildman–Crippen MR) is 33.4 cm³/mol. The van der Waals surface area contributed by atoms with Crippen molar-refractivity contribution >= 4 is 11.8 Å². The van der Waals surface area contributed by atoms with E-state index in [1.165, 1.54) is 0 Å². The molecule has 7 heavy (non-hydrogen) atoms. The van der Waals surface area contributed by atoms with Gasteiger partial charge in [-0.3, -0.25) is 0 Å². The summed E-state index contributed by atoms with van der Waals surface area (Å²) < 4.78 is 1.69. The summed E-state index contributed by atoms with van der Waals surface area (Å²) in [5, 5.41) is 0. The van der Waals surface area contributed by atoms with Crippen molar-refractivity contribution in [2.45, 2.75) is 26.3 Å². The van der Waals surface area contributed by atoms with Crippen molar-refractivity contribution in [3.8, 4) is 0 Å². The lowest BCUT2D eigenvalue weighted by Crippen LogP contribution is -2.17. The maximum atomic E-state index is 5.56. The highest BCUT2D eigenvalue weighted by molar-refractivity contribution is 6.13. The lowest BCUT2D eigenvalue weighted by Gasteiger charge is -2.12. The topological polar surface area (TPSA) is 3.24 Å². The van der Waals surface area contributed by atoms with E-state index in [1.54, 1.807) is 4.42 Å². The Labute approximate surface area is 50.4 Å². The van der Waals surface area contributed by atoms with Crippen molar-refractivity contribution < 1.29 is 0 Å². The summed E-state index contributed by atoms with van der Waals surface area (Å²) in [6.45, 7) is 4.20. The molecule has 2 heteroatoms. The van der Waals surface area contributed by atoms with Gasteiger partial charge in [-0.1, -0.05) is 6.92 Å². The molecule has 0 saturated heterocycles. The fourth-order valence-corrected chi connectivity index (χ4v) is 0.390. The minimum atomic E-state index is 0.502. The van der Waals surface area contributed by atoms with Crippen molar-refractivity contribution in [2.75, 3.05) is 7.05 Å². The fourth-order valence-electron chi connectivity index (χ4n) is 0.252. The molecule has 0 amide bonds. The molecule has 1 nitrogen and oxygen atoms in total. The zero-order chi connectivity index (χ0) is 5.86. The highest BCUT2D eigenvalue weighted by atomic mass is 35.5. The van der Waals surface area contributed by atoms with Crippen LogP contribution in [0.1, 0.15) is 20.3 Å². The van der Waals surface area contributed by atoms with E-state index in [9.17, 15) is 0 Å². The van der Waals surface area contributed by atoms with Gasteiger partial charge in [-0.15, -0.1) is 0 Å². The molecule has 0 fully saturated rings. The van der Waals surface area contributed by atoms with Crippen LogP contribution < -0.4 is 0 Å². The number of hydrogen-bond acceptors (Lipinski definition) is 1. The van der Waals surface area contributed by atoms with E-state index < -0.39 is 0 Å². The van der Waals surface area contributed by atoms with E-state index in [1.807, 2.05) is 7.05 Å². The van der Waals surface area contributed by atoms with Crippen LogP contribution in [0.4, 0.5) is 0 Å². The molecule has 0 spiro atoms. The highest BCUT2D eigenvalue weighted by Gasteiger charge is 1.99. The van der Waals surface area contributed by atoms with E-state index in [2.05, 4.69) is 13.8 Å². The Morgan fingerprint density at radius 3 is 2.14 bits per heavy atom. The second-order valence-corrected chi connectivity index (χ2v) is 2.32. The predicted octanol–water partition coefficient (Wildman–Crippen LogP) is 1.87. The lowest BCUT2D eigenvalue weighted by molar-refractivity contribution is 0.412. The first-order valence-electron chi connectivity index (χ1n) is 2.57. The molecule has 0 aliphatic carbocycles. The monoisotopic (exact) mass is 121 g/mol. The molecule has 0 N–H and O–H groups in total. The van der Waals surface area contributed by atoms with Crippen LogP contribution in [0.2, 0.25) is 0 Å². The van der Waals surface area contributed by atoms with Crippen LogP contribution in [0, 0.1) is 0 Å². The Morgan fingerprint density at radius 1 is 1.71 bits per heavy atom. The van der Waals surface area contributed by atoms with Gasteiger partial charge in [0.15, 0.2) is 0 Å². The van der Waals surface area contributed by atoms with Crippen LogP contribution in [0.3, 0.4) is 0 Å². The summed E-state index contributed by atoms with van der Waals surface area (Å²) in [6, 6.07) is 0.502. The molecule has 0 aromatic rings. The third kappa shape index (κ3) is 2.89. The number of hydrogen-bond donors (Lipinski definition) is 0. The maximum Gasteiger partial charge on any atom is 0.0217 e. The van der Waals surface area contributed by atoms with Gasteiger partial charge in [0.1, 0.15) is 0 Å². The molecule has 0 aromatic heterocycles. The summed E-state index contributed by atoms with van der Waals surface area (Å²) in [6.07, 6.45) is 1.11. The summed E-state index contributed by atoms with van der Waals surface area (Å²) in [5.41, 5.74) is 0. The molecule has 1 atom stereocenters. The van der Waals surface area contributed by atoms with E-state index in [0.717, 1.165) is 6.42 Å². The van der Waals surface area contributed by atoms with Crippen molar-refractivity contribution in [2.24, 2.45) is 0 Å². The van der Waals surface area contributed by atoms with Crippen molar-refractivity contribution in [3.63, 3.8) is 0 Å². The number of halogens is 1. The third-order valence-electron chi connectivity index (χ3n) is 1.20. The van der Waals surface area contributed by atoms with Crippen LogP contribution in [0.5, 0.6) is 0 Å². The first kappa shape index (κ1) is 7.25. The summed E-state index contributed by atoms with van der Waals surface area (Å²) in [5.74, 6) is 0. The molecule has 0 rings (SSSR count). The molecule has 0 aliphatic heterocycles. The highest BCUT2D eigenvalue weighted by Crippen LogP contribution is 2.00. The molecular weight excluding hydrogens is 110 g/mol. The van der Waals surface area contributed by atoms with Gasteiger partial charge < -0.3 is 0 Å². The maximum absolute atomic E-state index is 5.56. The van der Waals surface area contributed by atoms with Gasteiger partial charge in [0.2, 0.25) is 0 Å². The second kappa shape index (κ2) is 3.28. The normalized spacial score (nSPS) is 15.0. The van der Waals surface area contributed by atoms with Gasteiger partial charge in [0.05, 0.1) is 0 Å². The Hall–Kier alpha value is 0.250. The van der Waals surface area contributed by atoms with Crippen LogP contribution in [0.15, 0.2) is 0 Å². The Bertz CT molecular complexity index is 45.3. The van der Waals surface area contributed by atoms with Crippen molar-refractivity contribution in [1.82, 2.24) is 4.42 Å². The molecule has 0 aromatic carbocycles. The standard InChI is InChI=1S/C5H12ClN/c1-4-5(2)7(3)6/h5H,4H2,1-3H3. The van der Waals surface area contributed by atoms with Crippen molar-refractivity contribution in [1.29, 1.82) is 0 Å². The molecule has 0 aliphatic rings. The van der Waals surface area contributed by atoms with Gasteiger partial charge in [-0.2, -0.15) is 0 Å². The Kier molecular flexibility index (Phi) is 3.39. The molecule has 0 radical (unpaired) electrons. The molecule has 0 saturated carbocycles. The van der Waals surface area contributed by atoms with E-state index in [0.29, 0.717) is 6.04 Å². The van der Waals surface area contributed by atoms with Crippen LogP contribution in [-0.4, -0.2) is 17.5 Å². The number of rotatable bonds is 2. The summed E-state index contributed by atoms with van der Waals surface area (Å²) in [4.78, 5) is 0. The van der Waals surface area contributed by atoms with Gasteiger partial charge in [0.25, 0.3) is 0 Å². The zero-order valence-electron chi connectivity index (χ0n) is 5.11. The fraction of sp³-hybridized carbons (Fsp3) is 1.00.